The summed E-state index contributed by atoms with van der Waals surface area (Å²) in [7, 11) is 1.83. The Balaban J connectivity index is 2.07. The molecule has 0 bridgehead atoms. The molecule has 1 saturated carbocycles. The molecular weight excluding hydrogens is 230 g/mol. The second-order valence-electron chi connectivity index (χ2n) is 4.80. The molecule has 1 aliphatic carbocycles. The van der Waals surface area contributed by atoms with E-state index in [2.05, 4.69) is 15.3 Å². The van der Waals surface area contributed by atoms with E-state index in [0.717, 1.165) is 18.4 Å². The first-order chi connectivity index (χ1) is 8.47. The second-order valence-corrected chi connectivity index (χ2v) is 4.80. The molecule has 1 amide bonds. The Morgan fingerprint density at radius 3 is 2.72 bits per heavy atom. The number of aryl methyl sites for hydroxylation is 1. The number of carbonyl (C=O) groups is 1. The van der Waals surface area contributed by atoms with Gasteiger partial charge >= 0.3 is 0 Å². The number of likely N-dealkylation sites (N-methyl/N-ethyl adjacent to an activating group) is 1. The van der Waals surface area contributed by atoms with E-state index in [4.69, 9.17) is 5.73 Å². The highest BCUT2D eigenvalue weighted by Crippen LogP contribution is 2.21. The Bertz CT molecular complexity index is 470. The fourth-order valence-electron chi connectivity index (χ4n) is 1.80. The molecule has 1 fully saturated rings. The van der Waals surface area contributed by atoms with Crippen LogP contribution >= 0.6 is 0 Å². The van der Waals surface area contributed by atoms with Crippen molar-refractivity contribution in [1.29, 1.82) is 0 Å². The lowest BCUT2D eigenvalue weighted by molar-refractivity contribution is -0.119. The van der Waals surface area contributed by atoms with E-state index in [9.17, 15) is 4.79 Å². The van der Waals surface area contributed by atoms with Gasteiger partial charge < -0.3 is 16.0 Å². The van der Waals surface area contributed by atoms with E-state index in [-0.39, 0.29) is 12.5 Å². The van der Waals surface area contributed by atoms with Crippen molar-refractivity contribution in [1.82, 2.24) is 15.3 Å². The van der Waals surface area contributed by atoms with E-state index in [1.807, 2.05) is 14.0 Å². The molecule has 0 unspecified atom stereocenters. The van der Waals surface area contributed by atoms with Gasteiger partial charge in [0.25, 0.3) is 0 Å². The number of nitrogen functional groups attached to an aromatic ring is 1. The minimum absolute atomic E-state index is 0.0224. The van der Waals surface area contributed by atoms with Gasteiger partial charge in [-0.1, -0.05) is 0 Å². The van der Waals surface area contributed by atoms with Crippen LogP contribution in [0.5, 0.6) is 0 Å². The zero-order valence-electron chi connectivity index (χ0n) is 11.0. The quantitative estimate of drug-likeness (QED) is 0.806. The van der Waals surface area contributed by atoms with Crippen molar-refractivity contribution >= 4 is 17.5 Å². The predicted octanol–water partition coefficient (Wildman–Crippen LogP) is 0.390. The minimum Gasteiger partial charge on any atom is -0.383 e. The number of anilines is 2. The Hall–Kier alpha value is -1.85. The second kappa shape index (κ2) is 4.80. The van der Waals surface area contributed by atoms with Crippen LogP contribution in [0, 0.1) is 13.8 Å². The highest BCUT2D eigenvalue weighted by atomic mass is 16.2. The number of nitrogens with two attached hydrogens (primary N) is 1. The van der Waals surface area contributed by atoms with Crippen LogP contribution in [-0.4, -0.2) is 35.5 Å². The third-order valence-electron chi connectivity index (χ3n) is 2.95. The highest BCUT2D eigenvalue weighted by Gasteiger charge is 2.24. The molecule has 0 radical (unpaired) electrons. The van der Waals surface area contributed by atoms with Crippen molar-refractivity contribution < 1.29 is 4.79 Å². The number of nitrogens with zero attached hydrogens (tertiary/aromatic N) is 3. The molecule has 6 nitrogen and oxygen atoms in total. The molecule has 6 heteroatoms. The first kappa shape index (κ1) is 12.6. The fourth-order valence-corrected chi connectivity index (χ4v) is 1.80. The summed E-state index contributed by atoms with van der Waals surface area (Å²) in [6, 6.07) is 0.379. The van der Waals surface area contributed by atoms with E-state index in [1.54, 1.807) is 11.8 Å². The van der Waals surface area contributed by atoms with Crippen LogP contribution in [0.4, 0.5) is 11.6 Å². The van der Waals surface area contributed by atoms with Crippen LogP contribution in [0.3, 0.4) is 0 Å². The van der Waals surface area contributed by atoms with Gasteiger partial charge in [0.2, 0.25) is 5.91 Å². The lowest BCUT2D eigenvalue weighted by Crippen LogP contribution is -2.37. The molecule has 1 aromatic rings. The van der Waals surface area contributed by atoms with Gasteiger partial charge in [-0.2, -0.15) is 0 Å². The van der Waals surface area contributed by atoms with E-state index >= 15 is 0 Å². The van der Waals surface area contributed by atoms with Gasteiger partial charge in [0.15, 0.2) is 0 Å². The molecule has 0 aromatic carbocycles. The fraction of sp³-hybridized carbons (Fsp3) is 0.583. The molecule has 18 heavy (non-hydrogen) atoms. The lowest BCUT2D eigenvalue weighted by Gasteiger charge is -2.20. The number of carbonyl (C=O) groups excluding carboxylic acids is 1. The molecule has 0 saturated heterocycles. The SMILES string of the molecule is Cc1nc(N)c(C)c(N(C)CC(=O)NC2CC2)n1. The normalized spacial score (nSPS) is 14.4. The average Bonchev–Trinajstić information content (AvgIpc) is 3.06. The van der Waals surface area contributed by atoms with Gasteiger partial charge in [-0.25, -0.2) is 9.97 Å². The highest BCUT2D eigenvalue weighted by molar-refractivity contribution is 5.81. The summed E-state index contributed by atoms with van der Waals surface area (Å²) in [5.74, 6) is 1.81. The summed E-state index contributed by atoms with van der Waals surface area (Å²) in [5, 5.41) is 2.95. The van der Waals surface area contributed by atoms with Gasteiger partial charge in [0, 0.05) is 18.7 Å². The smallest absolute Gasteiger partial charge is 0.239 e. The number of amides is 1. The predicted molar refractivity (Wildman–Crippen MR) is 70.4 cm³/mol. The average molecular weight is 249 g/mol. The third-order valence-corrected chi connectivity index (χ3v) is 2.95. The number of hydrogen-bond acceptors (Lipinski definition) is 5. The summed E-state index contributed by atoms with van der Waals surface area (Å²) in [6.45, 7) is 3.93. The molecule has 98 valence electrons. The first-order valence-electron chi connectivity index (χ1n) is 6.08. The van der Waals surface area contributed by atoms with Crippen LogP contribution in [-0.2, 0) is 4.79 Å². The molecule has 0 aliphatic heterocycles. The van der Waals surface area contributed by atoms with Gasteiger partial charge in [0.05, 0.1) is 6.54 Å². The van der Waals surface area contributed by atoms with Crippen molar-refractivity contribution in [2.24, 2.45) is 0 Å². The Morgan fingerprint density at radius 1 is 1.44 bits per heavy atom. The number of aromatic nitrogens is 2. The molecule has 1 aliphatic rings. The largest absolute Gasteiger partial charge is 0.383 e. The van der Waals surface area contributed by atoms with Crippen molar-refractivity contribution in [2.45, 2.75) is 32.7 Å². The number of rotatable bonds is 4. The van der Waals surface area contributed by atoms with Crippen LogP contribution < -0.4 is 16.0 Å². The Labute approximate surface area is 107 Å². The Morgan fingerprint density at radius 2 is 2.11 bits per heavy atom. The summed E-state index contributed by atoms with van der Waals surface area (Å²) in [4.78, 5) is 22.0. The standard InChI is InChI=1S/C12H19N5O/c1-7-11(13)14-8(2)15-12(7)17(3)6-10(18)16-9-4-5-9/h9H,4-6H2,1-3H3,(H,16,18)(H2,13,14,15). The zero-order valence-corrected chi connectivity index (χ0v) is 11.0. The van der Waals surface area contributed by atoms with Crippen LogP contribution in [0.1, 0.15) is 24.2 Å². The summed E-state index contributed by atoms with van der Waals surface area (Å²) < 4.78 is 0. The molecule has 3 N–H and O–H groups in total. The minimum atomic E-state index is 0.0224. The van der Waals surface area contributed by atoms with E-state index < -0.39 is 0 Å². The monoisotopic (exact) mass is 249 g/mol. The molecule has 1 heterocycles. The van der Waals surface area contributed by atoms with Crippen molar-refractivity contribution in [3.63, 3.8) is 0 Å². The first-order valence-corrected chi connectivity index (χ1v) is 6.08. The van der Waals surface area contributed by atoms with Crippen molar-refractivity contribution in [3.8, 4) is 0 Å². The molecule has 0 spiro atoms. The van der Waals surface area contributed by atoms with Crippen molar-refractivity contribution in [3.05, 3.63) is 11.4 Å². The van der Waals surface area contributed by atoms with Gasteiger partial charge in [-0.15, -0.1) is 0 Å². The summed E-state index contributed by atoms with van der Waals surface area (Å²) in [5.41, 5.74) is 6.61. The lowest BCUT2D eigenvalue weighted by atomic mass is 10.3. The van der Waals surface area contributed by atoms with Gasteiger partial charge in [0.1, 0.15) is 17.5 Å². The van der Waals surface area contributed by atoms with Gasteiger partial charge in [-0.3, -0.25) is 4.79 Å². The molecule has 1 aromatic heterocycles. The maximum absolute atomic E-state index is 11.7. The maximum atomic E-state index is 11.7. The Kier molecular flexibility index (Phi) is 3.36. The van der Waals surface area contributed by atoms with Crippen LogP contribution in [0.15, 0.2) is 0 Å². The van der Waals surface area contributed by atoms with E-state index in [1.165, 1.54) is 0 Å². The summed E-state index contributed by atoms with van der Waals surface area (Å²) >= 11 is 0. The summed E-state index contributed by atoms with van der Waals surface area (Å²) in [6.07, 6.45) is 2.18. The topological polar surface area (TPSA) is 84.1 Å². The van der Waals surface area contributed by atoms with Crippen molar-refractivity contribution in [2.75, 3.05) is 24.2 Å². The van der Waals surface area contributed by atoms with Crippen LogP contribution in [0.25, 0.3) is 0 Å². The van der Waals surface area contributed by atoms with E-state index in [0.29, 0.717) is 23.5 Å². The van der Waals surface area contributed by atoms with Gasteiger partial charge in [-0.05, 0) is 26.7 Å². The van der Waals surface area contributed by atoms with Crippen LogP contribution in [0.2, 0.25) is 0 Å². The maximum Gasteiger partial charge on any atom is 0.239 e. The number of hydrogen-bond donors (Lipinski definition) is 2. The molecule has 2 rings (SSSR count). The third kappa shape index (κ3) is 2.88. The molecular formula is C12H19N5O. The zero-order chi connectivity index (χ0) is 13.3. The molecule has 0 atom stereocenters. The number of nitrogens with one attached hydrogen (secondary N) is 1.